The van der Waals surface area contributed by atoms with Crippen molar-refractivity contribution in [2.24, 2.45) is 0 Å². The Morgan fingerprint density at radius 2 is 1.48 bits per heavy atom. The van der Waals surface area contributed by atoms with Crippen molar-refractivity contribution in [2.45, 2.75) is 61.4 Å². The van der Waals surface area contributed by atoms with Crippen LogP contribution in [0.25, 0.3) is 0 Å². The molecule has 2 fully saturated rings. The molecule has 0 bridgehead atoms. The Bertz CT molecular complexity index is 382. The van der Waals surface area contributed by atoms with Crippen molar-refractivity contribution in [1.82, 2.24) is 0 Å². The van der Waals surface area contributed by atoms with Crippen LogP contribution in [0, 0.1) is 0 Å². The predicted octanol–water partition coefficient (Wildman–Crippen LogP) is -5.40. The number of rotatable bonds is 5. The molecule has 2 saturated heterocycles. The van der Waals surface area contributed by atoms with Crippen LogP contribution in [0.3, 0.4) is 0 Å². The average Bonchev–Trinajstić information content (AvgIpc) is 2.82. The maximum Gasteiger partial charge on any atom is 0.186 e. The molecule has 10 atom stereocenters. The molecular formula is C12H22O11. The summed E-state index contributed by atoms with van der Waals surface area (Å²) in [6, 6.07) is 0. The van der Waals surface area contributed by atoms with Crippen LogP contribution in [0.1, 0.15) is 0 Å². The molecule has 11 heteroatoms. The molecule has 0 amide bonds. The van der Waals surface area contributed by atoms with Crippen molar-refractivity contribution >= 4 is 0 Å². The van der Waals surface area contributed by atoms with E-state index < -0.39 is 74.6 Å². The number of ether oxygens (including phenoxy) is 3. The van der Waals surface area contributed by atoms with Crippen LogP contribution in [0.5, 0.6) is 0 Å². The lowest BCUT2D eigenvalue weighted by atomic mass is 9.99. The van der Waals surface area contributed by atoms with Gasteiger partial charge in [0.2, 0.25) is 0 Å². The third-order valence-corrected chi connectivity index (χ3v) is 3.93. The van der Waals surface area contributed by atoms with Crippen LogP contribution in [0.2, 0.25) is 0 Å². The van der Waals surface area contributed by atoms with Crippen molar-refractivity contribution in [2.75, 3.05) is 13.2 Å². The Labute approximate surface area is 130 Å². The monoisotopic (exact) mass is 342 g/mol. The largest absolute Gasteiger partial charge is 0.394 e. The van der Waals surface area contributed by atoms with Gasteiger partial charge in [0.25, 0.3) is 0 Å². The summed E-state index contributed by atoms with van der Waals surface area (Å²) in [5.41, 5.74) is 0. The highest BCUT2D eigenvalue weighted by Gasteiger charge is 2.48. The first kappa shape index (κ1) is 18.9. The minimum absolute atomic E-state index is 0.446. The Balaban J connectivity index is 1.90. The van der Waals surface area contributed by atoms with E-state index in [9.17, 15) is 35.7 Å². The fourth-order valence-electron chi connectivity index (χ4n) is 2.49. The molecule has 2 heterocycles. The molecule has 0 saturated carbocycles. The summed E-state index contributed by atoms with van der Waals surface area (Å²) in [5.74, 6) is 0. The quantitative estimate of drug-likeness (QED) is 0.238. The van der Waals surface area contributed by atoms with Crippen LogP contribution in [-0.2, 0) is 14.2 Å². The number of hydrogen-bond acceptors (Lipinski definition) is 11. The van der Waals surface area contributed by atoms with E-state index >= 15 is 0 Å². The Hall–Kier alpha value is -0.440. The number of aliphatic hydroxyl groups excluding tert-OH is 8. The van der Waals surface area contributed by atoms with Gasteiger partial charge in [-0.3, -0.25) is 0 Å². The van der Waals surface area contributed by atoms with Crippen molar-refractivity contribution in [3.8, 4) is 0 Å². The molecule has 0 aromatic carbocycles. The zero-order valence-corrected chi connectivity index (χ0v) is 12.0. The van der Waals surface area contributed by atoms with Crippen LogP contribution in [0.15, 0.2) is 0 Å². The summed E-state index contributed by atoms with van der Waals surface area (Å²) in [5, 5.41) is 75.8. The van der Waals surface area contributed by atoms with Gasteiger partial charge in [0.05, 0.1) is 13.2 Å². The second-order valence-electron chi connectivity index (χ2n) is 5.57. The van der Waals surface area contributed by atoms with Crippen LogP contribution < -0.4 is 0 Å². The summed E-state index contributed by atoms with van der Waals surface area (Å²) < 4.78 is 15.1. The van der Waals surface area contributed by atoms with E-state index in [-0.39, 0.29) is 0 Å². The molecule has 8 N–H and O–H groups in total. The standard InChI is InChI=1S/C12H22O11/c13-1-3(14)10-7(17)9(19)12(23-10)21-2-4-5(15)6(16)8(18)11(20)22-4/h3-20H,1-2H2/t3-,4-,5-,6+,7-,8-,9-,10?,11+,12?/m1/s1. The van der Waals surface area contributed by atoms with E-state index in [1.807, 2.05) is 0 Å². The molecule has 0 aromatic heterocycles. The predicted molar refractivity (Wildman–Crippen MR) is 68.6 cm³/mol. The van der Waals surface area contributed by atoms with Gasteiger partial charge in [0, 0.05) is 0 Å². The molecule has 11 nitrogen and oxygen atoms in total. The zero-order valence-electron chi connectivity index (χ0n) is 12.0. The van der Waals surface area contributed by atoms with E-state index in [0.29, 0.717) is 0 Å². The summed E-state index contributed by atoms with van der Waals surface area (Å²) in [6.07, 6.45) is -15.0. The Morgan fingerprint density at radius 3 is 2.09 bits per heavy atom. The molecule has 2 aliphatic rings. The molecule has 0 aromatic rings. The van der Waals surface area contributed by atoms with Gasteiger partial charge in [0.1, 0.15) is 48.8 Å². The maximum atomic E-state index is 9.78. The molecule has 2 aliphatic heterocycles. The third-order valence-electron chi connectivity index (χ3n) is 3.93. The molecule has 2 rings (SSSR count). The molecule has 0 spiro atoms. The number of hydrogen-bond donors (Lipinski definition) is 8. The first-order chi connectivity index (χ1) is 10.8. The van der Waals surface area contributed by atoms with E-state index in [1.54, 1.807) is 0 Å². The van der Waals surface area contributed by atoms with E-state index in [1.165, 1.54) is 0 Å². The van der Waals surface area contributed by atoms with E-state index in [2.05, 4.69) is 0 Å². The Morgan fingerprint density at radius 1 is 0.826 bits per heavy atom. The lowest BCUT2D eigenvalue weighted by Gasteiger charge is -2.38. The van der Waals surface area contributed by atoms with Gasteiger partial charge in [-0.25, -0.2) is 0 Å². The van der Waals surface area contributed by atoms with Gasteiger partial charge in [-0.15, -0.1) is 0 Å². The first-order valence-electron chi connectivity index (χ1n) is 7.07. The minimum atomic E-state index is -1.73. The van der Waals surface area contributed by atoms with Gasteiger partial charge >= 0.3 is 0 Å². The number of aliphatic hydroxyl groups is 8. The zero-order chi connectivity index (χ0) is 17.3. The Kier molecular flexibility index (Phi) is 6.27. The van der Waals surface area contributed by atoms with E-state index in [0.717, 1.165) is 0 Å². The van der Waals surface area contributed by atoms with Crippen molar-refractivity contribution in [3.63, 3.8) is 0 Å². The lowest BCUT2D eigenvalue weighted by molar-refractivity contribution is -0.298. The highest BCUT2D eigenvalue weighted by atomic mass is 16.7. The summed E-state index contributed by atoms with van der Waals surface area (Å²) in [6.45, 7) is -1.14. The molecule has 136 valence electrons. The summed E-state index contributed by atoms with van der Waals surface area (Å²) in [7, 11) is 0. The summed E-state index contributed by atoms with van der Waals surface area (Å²) in [4.78, 5) is 0. The topological polar surface area (TPSA) is 190 Å². The fraction of sp³-hybridized carbons (Fsp3) is 1.00. The van der Waals surface area contributed by atoms with Gasteiger partial charge in [-0.05, 0) is 0 Å². The van der Waals surface area contributed by atoms with Crippen molar-refractivity contribution in [1.29, 1.82) is 0 Å². The van der Waals surface area contributed by atoms with Gasteiger partial charge < -0.3 is 55.1 Å². The second-order valence-corrected chi connectivity index (χ2v) is 5.57. The van der Waals surface area contributed by atoms with Gasteiger partial charge in [-0.1, -0.05) is 0 Å². The first-order valence-corrected chi connectivity index (χ1v) is 7.07. The maximum absolute atomic E-state index is 9.78. The molecule has 23 heavy (non-hydrogen) atoms. The van der Waals surface area contributed by atoms with E-state index in [4.69, 9.17) is 19.3 Å². The fourth-order valence-corrected chi connectivity index (χ4v) is 2.49. The molecule has 0 aliphatic carbocycles. The normalized spacial score (nSPS) is 49.3. The molecule has 2 unspecified atom stereocenters. The lowest BCUT2D eigenvalue weighted by Crippen LogP contribution is -2.58. The average molecular weight is 342 g/mol. The highest BCUT2D eigenvalue weighted by molar-refractivity contribution is 4.92. The highest BCUT2D eigenvalue weighted by Crippen LogP contribution is 2.26. The SMILES string of the molecule is OC[C@@H](O)C1OC(OC[C@H]2O[C@H](O)[C@H](O)[C@@H](O)[C@@H]2O)[C@H](O)[C@H]1O. The van der Waals surface area contributed by atoms with Gasteiger partial charge in [-0.2, -0.15) is 0 Å². The van der Waals surface area contributed by atoms with Crippen LogP contribution in [0.4, 0.5) is 0 Å². The third kappa shape index (κ3) is 3.81. The van der Waals surface area contributed by atoms with Crippen molar-refractivity contribution in [3.05, 3.63) is 0 Å². The molecular weight excluding hydrogens is 320 g/mol. The molecule has 0 radical (unpaired) electrons. The minimum Gasteiger partial charge on any atom is -0.394 e. The van der Waals surface area contributed by atoms with Crippen LogP contribution in [-0.4, -0.2) is 115 Å². The van der Waals surface area contributed by atoms with Gasteiger partial charge in [0.15, 0.2) is 12.6 Å². The second kappa shape index (κ2) is 7.63. The van der Waals surface area contributed by atoms with Crippen molar-refractivity contribution < 1.29 is 55.1 Å². The smallest absolute Gasteiger partial charge is 0.186 e. The summed E-state index contributed by atoms with van der Waals surface area (Å²) >= 11 is 0. The van der Waals surface area contributed by atoms with Crippen LogP contribution >= 0.6 is 0 Å².